The molecule has 2 atom stereocenters. The lowest BCUT2D eigenvalue weighted by atomic mass is 9.77. The Hall–Kier alpha value is -3.28. The summed E-state index contributed by atoms with van der Waals surface area (Å²) in [5, 5.41) is 6.43. The standard InChI is InChI=1S/C27H34N4O2/c1-6-33-27(32)31-26(20-12-16-23(17-13-20)30(4)5)24-9-7-8-21(25(24)28-31)18-19-10-14-22(15-11-19)29(2)3/h10-18,24,26H,6-9H2,1-5H3/b21-18+/t24-,26+/m0/s1. The molecule has 6 nitrogen and oxygen atoms in total. The molecule has 4 rings (SSSR count). The van der Waals surface area contributed by atoms with E-state index in [1.165, 1.54) is 11.3 Å². The molecular weight excluding hydrogens is 412 g/mol. The van der Waals surface area contributed by atoms with E-state index in [4.69, 9.17) is 9.84 Å². The minimum absolute atomic E-state index is 0.143. The second kappa shape index (κ2) is 9.69. The molecule has 1 saturated carbocycles. The van der Waals surface area contributed by atoms with E-state index in [1.807, 2.05) is 35.1 Å². The molecule has 2 aliphatic rings. The van der Waals surface area contributed by atoms with Gasteiger partial charge in [-0.15, -0.1) is 0 Å². The largest absolute Gasteiger partial charge is 0.448 e. The van der Waals surface area contributed by atoms with Gasteiger partial charge in [-0.05, 0) is 73.2 Å². The van der Waals surface area contributed by atoms with Crippen molar-refractivity contribution >= 4 is 29.3 Å². The second-order valence-electron chi connectivity index (χ2n) is 9.11. The molecule has 1 aliphatic heterocycles. The first-order chi connectivity index (χ1) is 15.9. The zero-order chi connectivity index (χ0) is 23.5. The molecule has 33 heavy (non-hydrogen) atoms. The Morgan fingerprint density at radius 3 is 2.21 bits per heavy atom. The summed E-state index contributed by atoms with van der Waals surface area (Å²) in [6.07, 6.45) is 4.90. The number of fused-ring (bicyclic) bond motifs is 1. The third-order valence-electron chi connectivity index (χ3n) is 6.46. The van der Waals surface area contributed by atoms with Gasteiger partial charge in [0.15, 0.2) is 0 Å². The molecular formula is C27H34N4O2. The van der Waals surface area contributed by atoms with Crippen molar-refractivity contribution in [3.8, 4) is 0 Å². The maximum atomic E-state index is 12.9. The van der Waals surface area contributed by atoms with Crippen LogP contribution in [0.25, 0.3) is 6.08 Å². The van der Waals surface area contributed by atoms with Gasteiger partial charge >= 0.3 is 6.09 Å². The molecule has 0 unspecified atom stereocenters. The molecule has 1 fully saturated rings. The maximum Gasteiger partial charge on any atom is 0.430 e. The van der Waals surface area contributed by atoms with Gasteiger partial charge < -0.3 is 14.5 Å². The Kier molecular flexibility index (Phi) is 6.72. The quantitative estimate of drug-likeness (QED) is 0.602. The average Bonchev–Trinajstić information content (AvgIpc) is 3.20. The van der Waals surface area contributed by atoms with Crippen LogP contribution in [0.5, 0.6) is 0 Å². The summed E-state index contributed by atoms with van der Waals surface area (Å²) in [4.78, 5) is 17.0. The molecule has 0 saturated heterocycles. The van der Waals surface area contributed by atoms with Crippen LogP contribution in [0.1, 0.15) is 43.4 Å². The molecule has 1 amide bonds. The monoisotopic (exact) mass is 446 g/mol. The third-order valence-corrected chi connectivity index (χ3v) is 6.46. The maximum absolute atomic E-state index is 12.9. The number of carbonyl (C=O) groups excluding carboxylic acids is 1. The van der Waals surface area contributed by atoms with Crippen LogP contribution in [0.4, 0.5) is 16.2 Å². The molecule has 6 heteroatoms. The number of ether oxygens (including phenoxy) is 1. The minimum Gasteiger partial charge on any atom is -0.448 e. The molecule has 2 aromatic carbocycles. The number of rotatable bonds is 5. The fourth-order valence-corrected chi connectivity index (χ4v) is 4.71. The molecule has 1 aliphatic carbocycles. The molecule has 0 spiro atoms. The van der Waals surface area contributed by atoms with Crippen molar-refractivity contribution in [1.82, 2.24) is 5.01 Å². The second-order valence-corrected chi connectivity index (χ2v) is 9.11. The van der Waals surface area contributed by atoms with Gasteiger partial charge in [-0.3, -0.25) is 0 Å². The van der Waals surface area contributed by atoms with Crippen LogP contribution >= 0.6 is 0 Å². The summed E-state index contributed by atoms with van der Waals surface area (Å²) in [5.74, 6) is 0.167. The number of amides is 1. The van der Waals surface area contributed by atoms with E-state index in [2.05, 4.69) is 64.4 Å². The molecule has 1 heterocycles. The summed E-state index contributed by atoms with van der Waals surface area (Å²) in [6.45, 7) is 2.16. The van der Waals surface area contributed by atoms with Crippen molar-refractivity contribution < 1.29 is 9.53 Å². The molecule has 0 aromatic heterocycles. The lowest BCUT2D eigenvalue weighted by Crippen LogP contribution is -2.32. The first-order valence-corrected chi connectivity index (χ1v) is 11.7. The number of allylic oxidation sites excluding steroid dienone is 1. The Labute approximate surface area is 197 Å². The van der Waals surface area contributed by atoms with E-state index < -0.39 is 0 Å². The lowest BCUT2D eigenvalue weighted by molar-refractivity contribution is 0.0907. The minimum atomic E-state index is -0.379. The van der Waals surface area contributed by atoms with Crippen LogP contribution in [-0.2, 0) is 4.74 Å². The summed E-state index contributed by atoms with van der Waals surface area (Å²) in [5.41, 5.74) is 6.78. The van der Waals surface area contributed by atoms with E-state index in [1.54, 1.807) is 5.01 Å². The highest BCUT2D eigenvalue weighted by Crippen LogP contribution is 2.44. The van der Waals surface area contributed by atoms with E-state index in [0.717, 1.165) is 41.8 Å². The Morgan fingerprint density at radius 1 is 1.03 bits per heavy atom. The van der Waals surface area contributed by atoms with E-state index in [-0.39, 0.29) is 18.1 Å². The van der Waals surface area contributed by atoms with E-state index in [0.29, 0.717) is 6.61 Å². The highest BCUT2D eigenvalue weighted by atomic mass is 16.6. The van der Waals surface area contributed by atoms with Gasteiger partial charge in [-0.2, -0.15) is 10.1 Å². The highest BCUT2D eigenvalue weighted by Gasteiger charge is 2.44. The van der Waals surface area contributed by atoms with E-state index >= 15 is 0 Å². The number of nitrogens with zero attached hydrogens (tertiary/aromatic N) is 4. The smallest absolute Gasteiger partial charge is 0.430 e. The molecule has 174 valence electrons. The van der Waals surface area contributed by atoms with Crippen molar-refractivity contribution in [3.05, 3.63) is 65.2 Å². The fourth-order valence-electron chi connectivity index (χ4n) is 4.71. The van der Waals surface area contributed by atoms with E-state index in [9.17, 15) is 4.79 Å². The topological polar surface area (TPSA) is 48.4 Å². The zero-order valence-electron chi connectivity index (χ0n) is 20.3. The van der Waals surface area contributed by atoms with Crippen LogP contribution in [0.2, 0.25) is 0 Å². The first-order valence-electron chi connectivity index (χ1n) is 11.7. The van der Waals surface area contributed by atoms with Crippen LogP contribution in [0, 0.1) is 5.92 Å². The predicted molar refractivity (Wildman–Crippen MR) is 136 cm³/mol. The van der Waals surface area contributed by atoms with Gasteiger partial charge in [0.25, 0.3) is 0 Å². The molecule has 0 radical (unpaired) electrons. The van der Waals surface area contributed by atoms with Gasteiger partial charge in [-0.1, -0.05) is 24.3 Å². The van der Waals surface area contributed by atoms with Crippen molar-refractivity contribution in [3.63, 3.8) is 0 Å². The highest BCUT2D eigenvalue weighted by molar-refractivity contribution is 6.08. The number of benzene rings is 2. The number of hydrazone groups is 1. The lowest BCUT2D eigenvalue weighted by Gasteiger charge is -2.29. The molecule has 0 N–H and O–H groups in total. The molecule has 0 bridgehead atoms. The summed E-state index contributed by atoms with van der Waals surface area (Å²) in [7, 11) is 8.14. The van der Waals surface area contributed by atoms with Gasteiger partial charge in [0, 0.05) is 45.5 Å². The summed E-state index contributed by atoms with van der Waals surface area (Å²) >= 11 is 0. The zero-order valence-corrected chi connectivity index (χ0v) is 20.3. The van der Waals surface area contributed by atoms with Crippen molar-refractivity contribution in [1.29, 1.82) is 0 Å². The van der Waals surface area contributed by atoms with Crippen LogP contribution in [0.15, 0.2) is 59.2 Å². The third kappa shape index (κ3) is 4.75. The van der Waals surface area contributed by atoms with Gasteiger partial charge in [-0.25, -0.2) is 4.79 Å². The Morgan fingerprint density at radius 2 is 1.64 bits per heavy atom. The van der Waals surface area contributed by atoms with Gasteiger partial charge in [0.2, 0.25) is 0 Å². The van der Waals surface area contributed by atoms with Crippen LogP contribution in [0.3, 0.4) is 0 Å². The van der Waals surface area contributed by atoms with Crippen LogP contribution < -0.4 is 9.80 Å². The number of hydrogen-bond acceptors (Lipinski definition) is 5. The summed E-state index contributed by atoms with van der Waals surface area (Å²) in [6, 6.07) is 16.8. The number of anilines is 2. The first kappa shape index (κ1) is 22.9. The fraction of sp³-hybridized carbons (Fsp3) is 0.407. The van der Waals surface area contributed by atoms with Crippen molar-refractivity contribution in [2.45, 2.75) is 32.2 Å². The number of carbonyl (C=O) groups is 1. The van der Waals surface area contributed by atoms with Gasteiger partial charge in [0.1, 0.15) is 0 Å². The normalized spacial score (nSPS) is 20.9. The van der Waals surface area contributed by atoms with Gasteiger partial charge in [0.05, 0.1) is 18.4 Å². The number of hydrogen-bond donors (Lipinski definition) is 0. The Balaban J connectivity index is 1.68. The average molecular weight is 447 g/mol. The molecule has 2 aromatic rings. The van der Waals surface area contributed by atoms with Crippen molar-refractivity contribution in [2.24, 2.45) is 11.0 Å². The summed E-state index contributed by atoms with van der Waals surface area (Å²) < 4.78 is 5.38. The van der Waals surface area contributed by atoms with Crippen LogP contribution in [-0.4, -0.2) is 51.6 Å². The Bertz CT molecular complexity index is 1040. The SMILES string of the molecule is CCOC(=O)N1N=C2/C(=C/c3ccc(N(C)C)cc3)CCC[C@@H]2[C@H]1c1ccc(N(C)C)cc1. The van der Waals surface area contributed by atoms with Crippen molar-refractivity contribution in [2.75, 3.05) is 44.6 Å². The predicted octanol–water partition coefficient (Wildman–Crippen LogP) is 5.57.